The molecule has 2 aliphatic rings. The van der Waals surface area contributed by atoms with E-state index in [0.717, 1.165) is 17.9 Å². The summed E-state index contributed by atoms with van der Waals surface area (Å²) >= 11 is -0.963. The Kier molecular flexibility index (Phi) is 8.67. The Morgan fingerprint density at radius 1 is 1.00 bits per heavy atom. The maximum atomic E-state index is 6.34. The van der Waals surface area contributed by atoms with Crippen molar-refractivity contribution in [1.29, 1.82) is 0 Å². The molecular formula is C24H28Cl2O2SiZr. The van der Waals surface area contributed by atoms with Crippen molar-refractivity contribution in [3.05, 3.63) is 74.5 Å². The molecule has 2 aliphatic carbocycles. The SMILES string of the molecule is CCOC1=[C]([Zr+2][c]2cccc3c2C(C)c2ccccc2-3)CC=C1O[Si](C)(C)C.[Cl-].[Cl-]. The normalized spacial score (nSPS) is 16.6. The van der Waals surface area contributed by atoms with Crippen molar-refractivity contribution in [2.24, 2.45) is 0 Å². The summed E-state index contributed by atoms with van der Waals surface area (Å²) in [5.74, 6) is 2.53. The van der Waals surface area contributed by atoms with Crippen LogP contribution in [-0.2, 0) is 32.4 Å². The van der Waals surface area contributed by atoms with E-state index in [1.165, 1.54) is 20.0 Å². The van der Waals surface area contributed by atoms with Crippen LogP contribution in [0.2, 0.25) is 19.6 Å². The molecule has 0 N–H and O–H groups in total. The van der Waals surface area contributed by atoms with E-state index in [1.807, 2.05) is 0 Å². The predicted octanol–water partition coefficient (Wildman–Crippen LogP) is -0.0782. The topological polar surface area (TPSA) is 18.5 Å². The molecule has 0 bridgehead atoms. The minimum atomic E-state index is -1.65. The van der Waals surface area contributed by atoms with Crippen LogP contribution in [0, 0.1) is 0 Å². The molecule has 2 aromatic carbocycles. The van der Waals surface area contributed by atoms with Gasteiger partial charge in [-0.1, -0.05) is 0 Å². The van der Waals surface area contributed by atoms with Crippen molar-refractivity contribution in [3.63, 3.8) is 0 Å². The molecule has 6 heteroatoms. The summed E-state index contributed by atoms with van der Waals surface area (Å²) in [6.07, 6.45) is 3.24. The first-order valence-electron chi connectivity index (χ1n) is 10.1. The molecule has 2 nitrogen and oxygen atoms in total. The zero-order valence-corrected chi connectivity index (χ0v) is 23.2. The molecule has 0 saturated carbocycles. The monoisotopic (exact) mass is 536 g/mol. The quantitative estimate of drug-likeness (QED) is 0.480. The fourth-order valence-electron chi connectivity index (χ4n) is 4.17. The van der Waals surface area contributed by atoms with Gasteiger partial charge in [0, 0.05) is 0 Å². The molecule has 2 aromatic rings. The second-order valence-electron chi connectivity index (χ2n) is 8.43. The average molecular weight is 539 g/mol. The smallest absolute Gasteiger partial charge is 1.00 e. The molecule has 0 aliphatic heterocycles. The van der Waals surface area contributed by atoms with Gasteiger partial charge in [-0.25, -0.2) is 0 Å². The van der Waals surface area contributed by atoms with Crippen LogP contribution < -0.4 is 28.1 Å². The molecule has 158 valence electrons. The van der Waals surface area contributed by atoms with E-state index >= 15 is 0 Å². The molecule has 4 rings (SSSR count). The minimum absolute atomic E-state index is 0. The fourth-order valence-corrected chi connectivity index (χ4v) is 8.70. The molecule has 0 heterocycles. The summed E-state index contributed by atoms with van der Waals surface area (Å²) in [6.45, 7) is 11.8. The standard InChI is InChI=1S/C14H11.C10H17O2Si.2ClH.Zr/c1-10-11-6-2-4-8-13(11)14-9-5-3-7-12(10)14;1-5-11-9-7-6-8-10(9)12-13(2,3)4;;;/h2-6,8-10H,1H3;8H,5-6H2,1-4H3;2*1H;/q;;;;+2/p-2. The van der Waals surface area contributed by atoms with Crippen molar-refractivity contribution in [1.82, 2.24) is 0 Å². The Labute approximate surface area is 205 Å². The van der Waals surface area contributed by atoms with Crippen LogP contribution in [0.1, 0.15) is 37.3 Å². The second-order valence-corrected chi connectivity index (χ2v) is 16.3. The summed E-state index contributed by atoms with van der Waals surface area (Å²) in [6, 6.07) is 15.8. The van der Waals surface area contributed by atoms with E-state index in [4.69, 9.17) is 9.16 Å². The number of halogens is 2. The Morgan fingerprint density at radius 2 is 1.70 bits per heavy atom. The van der Waals surface area contributed by atoms with Gasteiger partial charge < -0.3 is 24.8 Å². The van der Waals surface area contributed by atoms with Gasteiger partial charge in [-0.15, -0.1) is 0 Å². The van der Waals surface area contributed by atoms with Gasteiger partial charge in [0.1, 0.15) is 0 Å². The number of hydrogen-bond acceptors (Lipinski definition) is 2. The van der Waals surface area contributed by atoms with Gasteiger partial charge in [-0.05, 0) is 0 Å². The second kappa shape index (κ2) is 10.2. The van der Waals surface area contributed by atoms with Crippen LogP contribution >= 0.6 is 0 Å². The Hall–Kier alpha value is -0.800. The van der Waals surface area contributed by atoms with Crippen molar-refractivity contribution in [2.45, 2.75) is 45.8 Å². The summed E-state index contributed by atoms with van der Waals surface area (Å²) in [7, 11) is -1.65. The van der Waals surface area contributed by atoms with Crippen molar-refractivity contribution < 1.29 is 57.2 Å². The van der Waals surface area contributed by atoms with E-state index in [9.17, 15) is 0 Å². The molecule has 0 spiro atoms. The molecule has 0 radical (unpaired) electrons. The number of ether oxygens (including phenoxy) is 1. The van der Waals surface area contributed by atoms with Crippen LogP contribution in [0.5, 0.6) is 0 Å². The number of benzene rings is 2. The summed E-state index contributed by atoms with van der Waals surface area (Å²) in [5.41, 5.74) is 5.87. The van der Waals surface area contributed by atoms with Crippen molar-refractivity contribution >= 4 is 11.6 Å². The van der Waals surface area contributed by atoms with Gasteiger partial charge >= 0.3 is 182 Å². The number of rotatable bonds is 6. The first kappa shape index (κ1) is 25.5. The van der Waals surface area contributed by atoms with Crippen LogP contribution in [-0.4, -0.2) is 14.9 Å². The van der Waals surface area contributed by atoms with Gasteiger partial charge in [-0.2, -0.15) is 0 Å². The van der Waals surface area contributed by atoms with Gasteiger partial charge in [0.25, 0.3) is 0 Å². The summed E-state index contributed by atoms with van der Waals surface area (Å²) < 4.78 is 15.5. The van der Waals surface area contributed by atoms with E-state index in [0.29, 0.717) is 12.5 Å². The fraction of sp³-hybridized carbons (Fsp3) is 0.333. The number of allylic oxidation sites excluding steroid dienone is 2. The maximum Gasteiger partial charge on any atom is -1.00 e. The first-order valence-corrected chi connectivity index (χ1v) is 16.0. The molecule has 0 amide bonds. The summed E-state index contributed by atoms with van der Waals surface area (Å²) in [5, 5.41) is 0. The third-order valence-corrected chi connectivity index (χ3v) is 9.60. The molecule has 30 heavy (non-hydrogen) atoms. The average Bonchev–Trinajstić information content (AvgIpc) is 3.15. The molecular weight excluding hydrogens is 510 g/mol. The zero-order chi connectivity index (χ0) is 19.9. The van der Waals surface area contributed by atoms with Crippen LogP contribution in [0.15, 0.2) is 63.3 Å². The predicted molar refractivity (Wildman–Crippen MR) is 115 cm³/mol. The zero-order valence-electron chi connectivity index (χ0n) is 18.2. The van der Waals surface area contributed by atoms with Gasteiger partial charge in [-0.3, -0.25) is 0 Å². The largest absolute Gasteiger partial charge is 1.00 e. The van der Waals surface area contributed by atoms with E-state index < -0.39 is 31.6 Å². The van der Waals surface area contributed by atoms with Gasteiger partial charge in [0.15, 0.2) is 0 Å². The molecule has 0 aromatic heterocycles. The van der Waals surface area contributed by atoms with Crippen LogP contribution in [0.4, 0.5) is 0 Å². The number of fused-ring (bicyclic) bond motifs is 3. The number of hydrogen-bond donors (Lipinski definition) is 0. The third-order valence-electron chi connectivity index (χ3n) is 5.24. The Bertz CT molecular complexity index is 979. The van der Waals surface area contributed by atoms with Crippen LogP contribution in [0.25, 0.3) is 11.1 Å². The maximum absolute atomic E-state index is 6.34. The Balaban J connectivity index is 0.00000160. The van der Waals surface area contributed by atoms with Crippen molar-refractivity contribution in [3.8, 4) is 11.1 Å². The van der Waals surface area contributed by atoms with E-state index in [2.05, 4.69) is 82.0 Å². The molecule has 0 fully saturated rings. The van der Waals surface area contributed by atoms with E-state index in [-0.39, 0.29) is 24.8 Å². The van der Waals surface area contributed by atoms with E-state index in [1.54, 1.807) is 8.83 Å². The third kappa shape index (κ3) is 4.99. The molecule has 0 saturated heterocycles. The molecule has 1 atom stereocenters. The minimum Gasteiger partial charge on any atom is -1.00 e. The van der Waals surface area contributed by atoms with Gasteiger partial charge in [0.2, 0.25) is 0 Å². The van der Waals surface area contributed by atoms with Crippen molar-refractivity contribution in [2.75, 3.05) is 6.61 Å². The first-order chi connectivity index (χ1) is 13.4. The molecule has 1 unspecified atom stereocenters. The van der Waals surface area contributed by atoms with Crippen LogP contribution in [0.3, 0.4) is 0 Å². The van der Waals surface area contributed by atoms with Gasteiger partial charge in [0.05, 0.1) is 0 Å². The Morgan fingerprint density at radius 3 is 2.40 bits per heavy atom. The summed E-state index contributed by atoms with van der Waals surface area (Å²) in [4.78, 5) is 0.